The standard InChI is InChI=1S/C19H25N3O3/c1-13-17(14(2)21-20-13)10-19(24)22(12-16-7-5-9-25-16)11-15-6-3-4-8-18(15)23/h3-4,6,8,16,23H,5,7,9-12H2,1-2H3,(H,20,21). The van der Waals surface area contributed by atoms with E-state index in [1.165, 1.54) is 0 Å². The molecule has 0 radical (unpaired) electrons. The van der Waals surface area contributed by atoms with E-state index in [9.17, 15) is 9.90 Å². The highest BCUT2D eigenvalue weighted by Gasteiger charge is 2.24. The van der Waals surface area contributed by atoms with Crippen molar-refractivity contribution in [3.8, 4) is 5.75 Å². The number of hydrogen-bond donors (Lipinski definition) is 2. The highest BCUT2D eigenvalue weighted by Crippen LogP contribution is 2.21. The summed E-state index contributed by atoms with van der Waals surface area (Å²) in [6.45, 7) is 5.50. The largest absolute Gasteiger partial charge is 0.508 e. The number of nitrogens with one attached hydrogen (secondary N) is 1. The molecular weight excluding hydrogens is 318 g/mol. The van der Waals surface area contributed by atoms with E-state index in [4.69, 9.17) is 4.74 Å². The van der Waals surface area contributed by atoms with Gasteiger partial charge >= 0.3 is 0 Å². The van der Waals surface area contributed by atoms with Gasteiger partial charge < -0.3 is 14.7 Å². The first-order valence-corrected chi connectivity index (χ1v) is 8.71. The molecule has 3 rings (SSSR count). The maximum Gasteiger partial charge on any atom is 0.227 e. The number of phenolic OH excluding ortho intramolecular Hbond substituents is 1. The van der Waals surface area contributed by atoms with Gasteiger partial charge in [0, 0.05) is 36.5 Å². The third-order valence-corrected chi connectivity index (χ3v) is 4.76. The molecule has 0 bridgehead atoms. The van der Waals surface area contributed by atoms with E-state index in [2.05, 4.69) is 10.2 Å². The van der Waals surface area contributed by atoms with Gasteiger partial charge in [-0.25, -0.2) is 0 Å². The summed E-state index contributed by atoms with van der Waals surface area (Å²) in [5.41, 5.74) is 3.46. The van der Waals surface area contributed by atoms with Crippen molar-refractivity contribution in [3.63, 3.8) is 0 Å². The monoisotopic (exact) mass is 343 g/mol. The van der Waals surface area contributed by atoms with Crippen LogP contribution in [0.25, 0.3) is 0 Å². The second kappa shape index (κ2) is 7.70. The van der Waals surface area contributed by atoms with Crippen LogP contribution in [0.4, 0.5) is 0 Å². The van der Waals surface area contributed by atoms with Crippen molar-refractivity contribution in [2.24, 2.45) is 0 Å². The SMILES string of the molecule is Cc1n[nH]c(C)c1CC(=O)N(Cc1ccccc1O)CC1CCCO1. The summed E-state index contributed by atoms with van der Waals surface area (Å²) < 4.78 is 5.71. The molecule has 1 aromatic heterocycles. The number of carbonyl (C=O) groups excluding carboxylic acids is 1. The minimum absolute atomic E-state index is 0.0198. The number of nitrogens with zero attached hydrogens (tertiary/aromatic N) is 2. The van der Waals surface area contributed by atoms with Crippen LogP contribution < -0.4 is 0 Å². The number of amides is 1. The summed E-state index contributed by atoms with van der Waals surface area (Å²) in [6, 6.07) is 7.14. The lowest BCUT2D eigenvalue weighted by molar-refractivity contribution is -0.132. The molecule has 0 saturated carbocycles. The molecule has 2 N–H and O–H groups in total. The Hall–Kier alpha value is -2.34. The molecule has 1 aliphatic rings. The molecule has 1 unspecified atom stereocenters. The van der Waals surface area contributed by atoms with E-state index >= 15 is 0 Å². The molecule has 134 valence electrons. The summed E-state index contributed by atoms with van der Waals surface area (Å²) in [5.74, 6) is 0.231. The van der Waals surface area contributed by atoms with Gasteiger partial charge in [-0.3, -0.25) is 9.89 Å². The van der Waals surface area contributed by atoms with Crippen molar-refractivity contribution in [3.05, 3.63) is 46.8 Å². The number of aromatic nitrogens is 2. The smallest absolute Gasteiger partial charge is 0.227 e. The zero-order valence-electron chi connectivity index (χ0n) is 14.8. The lowest BCUT2D eigenvalue weighted by Gasteiger charge is -2.26. The normalized spacial score (nSPS) is 17.0. The van der Waals surface area contributed by atoms with Crippen LogP contribution in [0.15, 0.2) is 24.3 Å². The average Bonchev–Trinajstić information content (AvgIpc) is 3.21. The molecule has 0 aliphatic carbocycles. The molecule has 6 nitrogen and oxygen atoms in total. The van der Waals surface area contributed by atoms with E-state index < -0.39 is 0 Å². The first kappa shape index (κ1) is 17.5. The number of rotatable bonds is 6. The van der Waals surface area contributed by atoms with Gasteiger partial charge in [0.2, 0.25) is 5.91 Å². The van der Waals surface area contributed by atoms with Crippen molar-refractivity contribution in [1.29, 1.82) is 0 Å². The Balaban J connectivity index is 1.77. The fourth-order valence-electron chi connectivity index (χ4n) is 3.24. The highest BCUT2D eigenvalue weighted by molar-refractivity contribution is 5.79. The highest BCUT2D eigenvalue weighted by atomic mass is 16.5. The lowest BCUT2D eigenvalue weighted by atomic mass is 10.1. The number of hydrogen-bond acceptors (Lipinski definition) is 4. The van der Waals surface area contributed by atoms with Crippen LogP contribution in [0.5, 0.6) is 5.75 Å². The van der Waals surface area contributed by atoms with Crippen LogP contribution in [-0.2, 0) is 22.5 Å². The van der Waals surface area contributed by atoms with E-state index in [0.29, 0.717) is 19.5 Å². The lowest BCUT2D eigenvalue weighted by Crippen LogP contribution is -2.38. The maximum absolute atomic E-state index is 13.0. The van der Waals surface area contributed by atoms with E-state index in [1.807, 2.05) is 26.0 Å². The van der Waals surface area contributed by atoms with Gasteiger partial charge in [0.05, 0.1) is 18.2 Å². The molecule has 2 heterocycles. The molecule has 6 heteroatoms. The van der Waals surface area contributed by atoms with Gasteiger partial charge in [-0.2, -0.15) is 5.10 Å². The zero-order valence-corrected chi connectivity index (χ0v) is 14.8. The number of H-pyrrole nitrogens is 1. The molecular formula is C19H25N3O3. The van der Waals surface area contributed by atoms with Crippen molar-refractivity contribution in [2.45, 2.75) is 45.8 Å². The van der Waals surface area contributed by atoms with Gasteiger partial charge in [-0.15, -0.1) is 0 Å². The summed E-state index contributed by atoms with van der Waals surface area (Å²) in [5, 5.41) is 17.2. The molecule has 1 atom stereocenters. The molecule has 1 fully saturated rings. The number of ether oxygens (including phenoxy) is 1. The van der Waals surface area contributed by atoms with E-state index in [1.54, 1.807) is 17.0 Å². The average molecular weight is 343 g/mol. The summed E-state index contributed by atoms with van der Waals surface area (Å²) in [6.07, 6.45) is 2.37. The van der Waals surface area contributed by atoms with Crippen molar-refractivity contribution in [2.75, 3.05) is 13.2 Å². The number of aryl methyl sites for hydroxylation is 2. The first-order valence-electron chi connectivity index (χ1n) is 8.71. The fraction of sp³-hybridized carbons (Fsp3) is 0.474. The van der Waals surface area contributed by atoms with Gasteiger partial charge in [0.25, 0.3) is 0 Å². The quantitative estimate of drug-likeness (QED) is 0.845. The second-order valence-electron chi connectivity index (χ2n) is 6.63. The van der Waals surface area contributed by atoms with Crippen LogP contribution in [0.3, 0.4) is 0 Å². The van der Waals surface area contributed by atoms with E-state index in [0.717, 1.165) is 42.0 Å². The number of aromatic hydroxyl groups is 1. The third-order valence-electron chi connectivity index (χ3n) is 4.76. The number of para-hydroxylation sites is 1. The van der Waals surface area contributed by atoms with Crippen LogP contribution in [-0.4, -0.2) is 45.4 Å². The third kappa shape index (κ3) is 4.20. The van der Waals surface area contributed by atoms with E-state index in [-0.39, 0.29) is 17.8 Å². The van der Waals surface area contributed by atoms with Crippen molar-refractivity contribution in [1.82, 2.24) is 15.1 Å². The number of carbonyl (C=O) groups is 1. The number of benzene rings is 1. The minimum Gasteiger partial charge on any atom is -0.508 e. The Morgan fingerprint density at radius 2 is 2.20 bits per heavy atom. The zero-order chi connectivity index (χ0) is 17.8. The summed E-state index contributed by atoms with van der Waals surface area (Å²) in [4.78, 5) is 14.8. The molecule has 25 heavy (non-hydrogen) atoms. The van der Waals surface area contributed by atoms with Crippen molar-refractivity contribution >= 4 is 5.91 Å². The topological polar surface area (TPSA) is 78.5 Å². The molecule has 1 aromatic carbocycles. The minimum atomic E-state index is 0.0198. The number of phenols is 1. The molecule has 0 spiro atoms. The van der Waals surface area contributed by atoms with Gasteiger partial charge in [-0.05, 0) is 32.8 Å². The van der Waals surface area contributed by atoms with Gasteiger partial charge in [0.15, 0.2) is 0 Å². The summed E-state index contributed by atoms with van der Waals surface area (Å²) in [7, 11) is 0. The van der Waals surface area contributed by atoms with Gasteiger partial charge in [0.1, 0.15) is 5.75 Å². The van der Waals surface area contributed by atoms with Crippen LogP contribution in [0.1, 0.15) is 35.4 Å². The predicted octanol–water partition coefficient (Wildman–Crippen LogP) is 2.48. The molecule has 1 saturated heterocycles. The van der Waals surface area contributed by atoms with Crippen molar-refractivity contribution < 1.29 is 14.6 Å². The fourth-order valence-corrected chi connectivity index (χ4v) is 3.24. The Bertz CT molecular complexity index is 716. The predicted molar refractivity (Wildman–Crippen MR) is 94.3 cm³/mol. The Morgan fingerprint density at radius 1 is 1.40 bits per heavy atom. The van der Waals surface area contributed by atoms with Crippen LogP contribution >= 0.6 is 0 Å². The second-order valence-corrected chi connectivity index (χ2v) is 6.63. The van der Waals surface area contributed by atoms with Crippen LogP contribution in [0, 0.1) is 13.8 Å². The van der Waals surface area contributed by atoms with Gasteiger partial charge in [-0.1, -0.05) is 18.2 Å². The van der Waals surface area contributed by atoms with Crippen LogP contribution in [0.2, 0.25) is 0 Å². The molecule has 2 aromatic rings. The summed E-state index contributed by atoms with van der Waals surface area (Å²) >= 11 is 0. The number of aromatic amines is 1. The Labute approximate surface area is 147 Å². The maximum atomic E-state index is 13.0. The Morgan fingerprint density at radius 3 is 2.84 bits per heavy atom. The Kier molecular flexibility index (Phi) is 5.38. The molecule has 1 amide bonds. The first-order chi connectivity index (χ1) is 12.0. The molecule has 1 aliphatic heterocycles.